The van der Waals surface area contributed by atoms with Crippen molar-refractivity contribution in [3.63, 3.8) is 0 Å². The maximum atomic E-state index is 14.5. The standard InChI is InChI=1S/C19H19ClF2N4O3S/c1-4-7-30(28,29)25-13-8-11(21)16(22)18(15(13)20)24-12-6-5-10(2)14-17(12)23-9-26(3)19(14)27/h5-6,8-9,24-25H,4,7H2,1-3H3. The Morgan fingerprint density at radius 3 is 2.60 bits per heavy atom. The van der Waals surface area contributed by atoms with E-state index in [-0.39, 0.29) is 33.2 Å². The lowest BCUT2D eigenvalue weighted by Gasteiger charge is -2.16. The molecule has 0 saturated carbocycles. The molecule has 0 radical (unpaired) electrons. The van der Waals surface area contributed by atoms with Crippen molar-refractivity contribution in [3.8, 4) is 0 Å². The van der Waals surface area contributed by atoms with Crippen LogP contribution in [0, 0.1) is 18.6 Å². The summed E-state index contributed by atoms with van der Waals surface area (Å²) in [6, 6.07) is 3.85. The van der Waals surface area contributed by atoms with Gasteiger partial charge in [0.1, 0.15) is 5.52 Å². The highest BCUT2D eigenvalue weighted by Gasteiger charge is 2.22. The van der Waals surface area contributed by atoms with Crippen LogP contribution in [0.25, 0.3) is 10.9 Å². The molecule has 0 unspecified atom stereocenters. The molecule has 3 rings (SSSR count). The van der Waals surface area contributed by atoms with Gasteiger partial charge in [-0.05, 0) is 25.0 Å². The quantitative estimate of drug-likeness (QED) is 0.545. The lowest BCUT2D eigenvalue weighted by molar-refractivity contribution is 0.512. The van der Waals surface area contributed by atoms with Crippen molar-refractivity contribution < 1.29 is 17.2 Å². The van der Waals surface area contributed by atoms with Crippen molar-refractivity contribution in [1.82, 2.24) is 9.55 Å². The molecule has 160 valence electrons. The molecular weight excluding hydrogens is 438 g/mol. The van der Waals surface area contributed by atoms with Crippen LogP contribution < -0.4 is 15.6 Å². The highest BCUT2D eigenvalue weighted by atomic mass is 35.5. The van der Waals surface area contributed by atoms with Gasteiger partial charge < -0.3 is 9.88 Å². The number of hydrogen-bond acceptors (Lipinski definition) is 5. The molecule has 0 bridgehead atoms. The number of fused-ring (bicyclic) bond motifs is 1. The van der Waals surface area contributed by atoms with E-state index in [1.807, 2.05) is 0 Å². The molecular formula is C19H19ClF2N4O3S. The van der Waals surface area contributed by atoms with Crippen LogP contribution in [-0.4, -0.2) is 23.7 Å². The van der Waals surface area contributed by atoms with Crippen LogP contribution in [0.4, 0.5) is 25.8 Å². The SMILES string of the molecule is CCCS(=O)(=O)Nc1cc(F)c(F)c(Nc2ccc(C)c3c(=O)n(C)cnc23)c1Cl. The molecule has 3 aromatic rings. The zero-order valence-corrected chi connectivity index (χ0v) is 18.0. The summed E-state index contributed by atoms with van der Waals surface area (Å²) in [6.07, 6.45) is 1.64. The van der Waals surface area contributed by atoms with E-state index in [1.165, 1.54) is 10.9 Å². The van der Waals surface area contributed by atoms with Gasteiger partial charge >= 0.3 is 0 Å². The predicted molar refractivity (Wildman–Crippen MR) is 114 cm³/mol. The molecule has 1 heterocycles. The van der Waals surface area contributed by atoms with Crippen LogP contribution in [0.5, 0.6) is 0 Å². The minimum Gasteiger partial charge on any atom is -0.350 e. The van der Waals surface area contributed by atoms with E-state index in [4.69, 9.17) is 11.6 Å². The van der Waals surface area contributed by atoms with Crippen LogP contribution in [0.2, 0.25) is 5.02 Å². The molecule has 0 aliphatic heterocycles. The summed E-state index contributed by atoms with van der Waals surface area (Å²) in [5, 5.41) is 2.62. The fourth-order valence-electron chi connectivity index (χ4n) is 2.98. The third-order valence-electron chi connectivity index (χ3n) is 4.43. The molecule has 0 saturated heterocycles. The number of halogens is 3. The highest BCUT2D eigenvalue weighted by molar-refractivity contribution is 7.92. The second-order valence-corrected chi connectivity index (χ2v) is 8.99. The number of nitrogens with zero attached hydrogens (tertiary/aromatic N) is 2. The second-order valence-electron chi connectivity index (χ2n) is 6.77. The summed E-state index contributed by atoms with van der Waals surface area (Å²) in [5.41, 5.74) is 0.0290. The van der Waals surface area contributed by atoms with Crippen molar-refractivity contribution in [2.24, 2.45) is 7.05 Å². The Morgan fingerprint density at radius 2 is 1.93 bits per heavy atom. The second kappa shape index (κ2) is 8.19. The van der Waals surface area contributed by atoms with E-state index in [0.29, 0.717) is 23.4 Å². The highest BCUT2D eigenvalue weighted by Crippen LogP contribution is 2.38. The maximum absolute atomic E-state index is 14.5. The van der Waals surface area contributed by atoms with Crippen molar-refractivity contribution in [1.29, 1.82) is 0 Å². The number of sulfonamides is 1. The molecule has 0 aliphatic rings. The summed E-state index contributed by atoms with van der Waals surface area (Å²) in [6.45, 7) is 3.39. The number of anilines is 3. The predicted octanol–water partition coefficient (Wildman–Crippen LogP) is 4.07. The largest absolute Gasteiger partial charge is 0.350 e. The number of aromatic nitrogens is 2. The number of nitrogens with one attached hydrogen (secondary N) is 2. The van der Waals surface area contributed by atoms with Gasteiger partial charge in [0.15, 0.2) is 11.6 Å². The monoisotopic (exact) mass is 456 g/mol. The van der Waals surface area contributed by atoms with Gasteiger partial charge in [0.05, 0.1) is 39.6 Å². The van der Waals surface area contributed by atoms with Gasteiger partial charge in [-0.3, -0.25) is 9.52 Å². The Labute approximate surface area is 176 Å². The fraction of sp³-hybridized carbons (Fsp3) is 0.263. The summed E-state index contributed by atoms with van der Waals surface area (Å²) in [5.74, 6) is -2.80. The van der Waals surface area contributed by atoms with Gasteiger partial charge in [0.2, 0.25) is 10.0 Å². The Bertz CT molecular complexity index is 1310. The Hall–Kier alpha value is -2.72. The van der Waals surface area contributed by atoms with Crippen molar-refractivity contribution in [3.05, 3.63) is 57.1 Å². The van der Waals surface area contributed by atoms with E-state index >= 15 is 0 Å². The smallest absolute Gasteiger partial charge is 0.261 e. The zero-order valence-electron chi connectivity index (χ0n) is 16.4. The minimum atomic E-state index is -3.78. The number of hydrogen-bond donors (Lipinski definition) is 2. The van der Waals surface area contributed by atoms with Crippen LogP contribution in [-0.2, 0) is 17.1 Å². The molecule has 0 amide bonds. The lowest BCUT2D eigenvalue weighted by atomic mass is 10.1. The average Bonchev–Trinajstić information content (AvgIpc) is 2.67. The Morgan fingerprint density at radius 1 is 1.23 bits per heavy atom. The van der Waals surface area contributed by atoms with Crippen LogP contribution >= 0.6 is 11.6 Å². The Balaban J connectivity index is 2.15. The van der Waals surface area contributed by atoms with E-state index in [2.05, 4.69) is 15.0 Å². The molecule has 0 spiro atoms. The topological polar surface area (TPSA) is 93.1 Å². The molecule has 0 fully saturated rings. The summed E-state index contributed by atoms with van der Waals surface area (Å²) < 4.78 is 56.3. The molecule has 2 aromatic carbocycles. The average molecular weight is 457 g/mol. The van der Waals surface area contributed by atoms with Crippen LogP contribution in [0.15, 0.2) is 29.3 Å². The van der Waals surface area contributed by atoms with Crippen LogP contribution in [0.3, 0.4) is 0 Å². The van der Waals surface area contributed by atoms with Crippen LogP contribution in [0.1, 0.15) is 18.9 Å². The molecule has 30 heavy (non-hydrogen) atoms. The molecule has 2 N–H and O–H groups in total. The summed E-state index contributed by atoms with van der Waals surface area (Å²) in [7, 11) is -2.24. The fourth-order valence-corrected chi connectivity index (χ4v) is 4.40. The first-order chi connectivity index (χ1) is 14.1. The third-order valence-corrected chi connectivity index (χ3v) is 6.30. The van der Waals surface area contributed by atoms with Crippen molar-refractivity contribution in [2.45, 2.75) is 20.3 Å². The lowest BCUT2D eigenvalue weighted by Crippen LogP contribution is -2.18. The van der Waals surface area contributed by atoms with Gasteiger partial charge in [0, 0.05) is 13.1 Å². The van der Waals surface area contributed by atoms with Gasteiger partial charge in [-0.15, -0.1) is 0 Å². The first kappa shape index (κ1) is 22.0. The van der Waals surface area contributed by atoms with Gasteiger partial charge in [0.25, 0.3) is 5.56 Å². The number of aryl methyl sites for hydroxylation is 2. The maximum Gasteiger partial charge on any atom is 0.261 e. The summed E-state index contributed by atoms with van der Waals surface area (Å²) >= 11 is 6.20. The van der Waals surface area contributed by atoms with E-state index < -0.39 is 27.3 Å². The van der Waals surface area contributed by atoms with Gasteiger partial charge in [-0.1, -0.05) is 24.6 Å². The number of benzene rings is 2. The molecule has 0 atom stereocenters. The van der Waals surface area contributed by atoms with Gasteiger partial charge in [-0.25, -0.2) is 22.2 Å². The normalized spacial score (nSPS) is 11.7. The first-order valence-corrected chi connectivity index (χ1v) is 11.0. The van der Waals surface area contributed by atoms with E-state index in [9.17, 15) is 22.0 Å². The molecule has 7 nitrogen and oxygen atoms in total. The first-order valence-electron chi connectivity index (χ1n) is 8.95. The third kappa shape index (κ3) is 4.10. The molecule has 1 aromatic heterocycles. The van der Waals surface area contributed by atoms with Crippen molar-refractivity contribution in [2.75, 3.05) is 15.8 Å². The number of rotatable bonds is 6. The Kier molecular flexibility index (Phi) is 6.00. The zero-order chi connectivity index (χ0) is 22.2. The van der Waals surface area contributed by atoms with Crippen molar-refractivity contribution >= 4 is 49.6 Å². The molecule has 11 heteroatoms. The van der Waals surface area contributed by atoms with E-state index in [1.54, 1.807) is 33.0 Å². The summed E-state index contributed by atoms with van der Waals surface area (Å²) in [4.78, 5) is 16.7. The van der Waals surface area contributed by atoms with E-state index in [0.717, 1.165) is 0 Å². The van der Waals surface area contributed by atoms with Gasteiger partial charge in [-0.2, -0.15) is 0 Å². The molecule has 0 aliphatic carbocycles. The minimum absolute atomic E-state index is 0.207.